The summed E-state index contributed by atoms with van der Waals surface area (Å²) in [7, 11) is 0. The minimum Gasteiger partial charge on any atom is -0.406 e. The van der Waals surface area contributed by atoms with Gasteiger partial charge in [0.15, 0.2) is 5.82 Å². The number of aromatic nitrogens is 2. The largest absolute Gasteiger partial charge is 0.573 e. The van der Waals surface area contributed by atoms with Gasteiger partial charge >= 0.3 is 6.36 Å². The van der Waals surface area contributed by atoms with Crippen molar-refractivity contribution >= 4 is 27.4 Å². The molecule has 3 heterocycles. The Bertz CT molecular complexity index is 1390. The van der Waals surface area contributed by atoms with Crippen molar-refractivity contribution in [1.82, 2.24) is 15.4 Å². The number of hydrogen-bond acceptors (Lipinski definition) is 7. The van der Waals surface area contributed by atoms with Crippen LogP contribution in [-0.2, 0) is 11.3 Å². The number of fused-ring (bicyclic) bond motifs is 1. The third-order valence-electron chi connectivity index (χ3n) is 5.84. The number of alkyl halides is 3. The number of thiophene rings is 1. The Balaban J connectivity index is 1.19. The minimum absolute atomic E-state index is 0.187. The van der Waals surface area contributed by atoms with Crippen LogP contribution in [0.2, 0.25) is 0 Å². The Morgan fingerprint density at radius 2 is 1.81 bits per heavy atom. The zero-order chi connectivity index (χ0) is 25.8. The topological polar surface area (TPSA) is 68.3 Å². The summed E-state index contributed by atoms with van der Waals surface area (Å²) in [6, 6.07) is 15.8. The number of ether oxygens (including phenoxy) is 1. The van der Waals surface area contributed by atoms with Crippen molar-refractivity contribution < 1.29 is 22.7 Å². The number of nitrogens with zero attached hydrogens (tertiary/aromatic N) is 2. The predicted octanol–water partition coefficient (Wildman–Crippen LogP) is 6.74. The fourth-order valence-corrected chi connectivity index (χ4v) is 4.99. The summed E-state index contributed by atoms with van der Waals surface area (Å²) < 4.78 is 41.0. The van der Waals surface area contributed by atoms with E-state index >= 15 is 0 Å². The lowest BCUT2D eigenvalue weighted by atomic mass is 10.0. The predicted molar refractivity (Wildman–Crippen MR) is 138 cm³/mol. The van der Waals surface area contributed by atoms with Crippen LogP contribution in [0.15, 0.2) is 66.7 Å². The molecule has 5 rings (SSSR count). The van der Waals surface area contributed by atoms with E-state index < -0.39 is 6.36 Å². The molecule has 1 atom stereocenters. The quantitative estimate of drug-likeness (QED) is 0.196. The molecule has 2 N–H and O–H groups in total. The third kappa shape index (κ3) is 6.46. The molecule has 4 aromatic rings. The molecule has 0 aliphatic carbocycles. The molecule has 0 saturated heterocycles. The van der Waals surface area contributed by atoms with Gasteiger partial charge in [0.1, 0.15) is 22.4 Å². The fourth-order valence-electron chi connectivity index (χ4n) is 4.10. The number of anilines is 1. The highest BCUT2D eigenvalue weighted by molar-refractivity contribution is 7.18. The molecule has 2 aromatic carbocycles. The SMILES string of the molecule is Cc1cc2c(NCCCc3ccc(-c4ccc(OC(F)(F)F)cc4)cc3)nc(C3C=CCON3)nc2s1. The molecule has 0 amide bonds. The maximum absolute atomic E-state index is 12.4. The van der Waals surface area contributed by atoms with Crippen molar-refractivity contribution in [3.05, 3.63) is 83.0 Å². The summed E-state index contributed by atoms with van der Waals surface area (Å²) in [6.07, 6.45) is 1.03. The Kier molecular flexibility index (Phi) is 7.40. The lowest BCUT2D eigenvalue weighted by Crippen LogP contribution is -2.25. The van der Waals surface area contributed by atoms with Gasteiger partial charge in [-0.3, -0.25) is 4.84 Å². The average Bonchev–Trinajstić information content (AvgIpc) is 3.27. The second-order valence-electron chi connectivity index (χ2n) is 8.64. The number of nitrogens with one attached hydrogen (secondary N) is 2. The first-order valence-electron chi connectivity index (χ1n) is 11.9. The van der Waals surface area contributed by atoms with Crippen LogP contribution in [-0.4, -0.2) is 29.5 Å². The van der Waals surface area contributed by atoms with E-state index in [1.54, 1.807) is 23.5 Å². The monoisotopic (exact) mass is 526 g/mol. The third-order valence-corrected chi connectivity index (χ3v) is 6.78. The highest BCUT2D eigenvalue weighted by atomic mass is 32.1. The maximum Gasteiger partial charge on any atom is 0.573 e. The molecular weight excluding hydrogens is 501 g/mol. The molecule has 1 unspecified atom stereocenters. The van der Waals surface area contributed by atoms with Crippen LogP contribution in [0.25, 0.3) is 21.3 Å². The van der Waals surface area contributed by atoms with Crippen LogP contribution in [0.3, 0.4) is 0 Å². The first kappa shape index (κ1) is 25.2. The van der Waals surface area contributed by atoms with E-state index in [0.29, 0.717) is 12.4 Å². The van der Waals surface area contributed by atoms with E-state index in [4.69, 9.17) is 14.8 Å². The van der Waals surface area contributed by atoms with E-state index in [1.165, 1.54) is 22.6 Å². The number of aryl methyl sites for hydroxylation is 2. The minimum atomic E-state index is -4.69. The standard InChI is InChI=1S/C27H25F3N4O2S/c1-17-16-22-24(32-25(33-26(22)37-17)23-5-3-15-35-34-23)31-14-2-4-18-6-8-19(9-7-18)20-10-12-21(13-11-20)36-27(28,29)30/h3,5-13,16,23,34H,2,4,14-15H2,1H3,(H,31,32,33). The normalized spacial score (nSPS) is 15.7. The van der Waals surface area contributed by atoms with Gasteiger partial charge in [0, 0.05) is 11.4 Å². The van der Waals surface area contributed by atoms with Gasteiger partial charge in [-0.15, -0.1) is 24.5 Å². The van der Waals surface area contributed by atoms with Crippen molar-refractivity contribution in [2.24, 2.45) is 0 Å². The zero-order valence-corrected chi connectivity index (χ0v) is 20.8. The molecule has 0 radical (unpaired) electrons. The molecule has 0 bridgehead atoms. The molecule has 2 aromatic heterocycles. The average molecular weight is 527 g/mol. The second kappa shape index (κ2) is 10.9. The van der Waals surface area contributed by atoms with Crippen LogP contribution in [0.1, 0.15) is 28.7 Å². The lowest BCUT2D eigenvalue weighted by molar-refractivity contribution is -0.274. The fraction of sp³-hybridized carbons (Fsp3) is 0.259. The first-order valence-corrected chi connectivity index (χ1v) is 12.7. The van der Waals surface area contributed by atoms with Gasteiger partial charge < -0.3 is 10.1 Å². The number of benzene rings is 2. The summed E-state index contributed by atoms with van der Waals surface area (Å²) in [5.74, 6) is 1.26. The van der Waals surface area contributed by atoms with Gasteiger partial charge in [-0.1, -0.05) is 48.6 Å². The van der Waals surface area contributed by atoms with Crippen LogP contribution in [0.5, 0.6) is 5.75 Å². The van der Waals surface area contributed by atoms with E-state index in [0.717, 1.165) is 46.5 Å². The summed E-state index contributed by atoms with van der Waals surface area (Å²) in [4.78, 5) is 16.9. The molecule has 0 fully saturated rings. The Labute approximate surface area is 216 Å². The summed E-state index contributed by atoms with van der Waals surface area (Å²) in [6.45, 7) is 3.32. The molecular formula is C27H25F3N4O2S. The number of rotatable bonds is 8. The van der Waals surface area contributed by atoms with Crippen LogP contribution in [0.4, 0.5) is 19.0 Å². The van der Waals surface area contributed by atoms with Crippen molar-refractivity contribution in [2.45, 2.75) is 32.2 Å². The Morgan fingerprint density at radius 1 is 1.08 bits per heavy atom. The first-order chi connectivity index (χ1) is 17.8. The molecule has 10 heteroatoms. The summed E-state index contributed by atoms with van der Waals surface area (Å²) in [5.41, 5.74) is 5.89. The van der Waals surface area contributed by atoms with Crippen LogP contribution in [0, 0.1) is 6.92 Å². The van der Waals surface area contributed by atoms with Gasteiger partial charge in [-0.2, -0.15) is 5.48 Å². The summed E-state index contributed by atoms with van der Waals surface area (Å²) >= 11 is 1.64. The van der Waals surface area contributed by atoms with Crippen LogP contribution >= 0.6 is 11.3 Å². The maximum atomic E-state index is 12.4. The molecule has 192 valence electrons. The van der Waals surface area contributed by atoms with Gasteiger partial charge in [-0.25, -0.2) is 9.97 Å². The van der Waals surface area contributed by atoms with E-state index in [9.17, 15) is 13.2 Å². The zero-order valence-electron chi connectivity index (χ0n) is 20.0. The molecule has 1 aliphatic heterocycles. The van der Waals surface area contributed by atoms with Gasteiger partial charge in [0.25, 0.3) is 0 Å². The molecule has 6 nitrogen and oxygen atoms in total. The van der Waals surface area contributed by atoms with E-state index in [2.05, 4.69) is 28.5 Å². The molecule has 0 saturated carbocycles. The van der Waals surface area contributed by atoms with Crippen LogP contribution < -0.4 is 15.5 Å². The number of hydrogen-bond donors (Lipinski definition) is 2. The lowest BCUT2D eigenvalue weighted by Gasteiger charge is -2.18. The van der Waals surface area contributed by atoms with Crippen molar-refractivity contribution in [1.29, 1.82) is 0 Å². The van der Waals surface area contributed by atoms with Crippen molar-refractivity contribution in [3.63, 3.8) is 0 Å². The summed E-state index contributed by atoms with van der Waals surface area (Å²) in [5, 5.41) is 4.50. The van der Waals surface area contributed by atoms with Gasteiger partial charge in [0.05, 0.1) is 12.0 Å². The van der Waals surface area contributed by atoms with Crippen molar-refractivity contribution in [2.75, 3.05) is 18.5 Å². The Morgan fingerprint density at radius 3 is 2.49 bits per heavy atom. The van der Waals surface area contributed by atoms with Gasteiger partial charge in [0.2, 0.25) is 0 Å². The Hall–Kier alpha value is -3.47. The smallest absolute Gasteiger partial charge is 0.406 e. The van der Waals surface area contributed by atoms with Crippen molar-refractivity contribution in [3.8, 4) is 16.9 Å². The molecule has 1 aliphatic rings. The number of hydroxylamine groups is 1. The van der Waals surface area contributed by atoms with E-state index in [-0.39, 0.29) is 11.8 Å². The van der Waals surface area contributed by atoms with E-state index in [1.807, 2.05) is 36.4 Å². The second-order valence-corrected chi connectivity index (χ2v) is 9.88. The molecule has 0 spiro atoms. The highest BCUT2D eigenvalue weighted by Gasteiger charge is 2.31. The molecule has 37 heavy (non-hydrogen) atoms. The van der Waals surface area contributed by atoms with Gasteiger partial charge in [-0.05, 0) is 54.7 Å². The number of halogens is 3. The highest BCUT2D eigenvalue weighted by Crippen LogP contribution is 2.31.